The molecule has 30 heavy (non-hydrogen) atoms. The summed E-state index contributed by atoms with van der Waals surface area (Å²) < 4.78 is 5.49. The monoisotopic (exact) mass is 433 g/mol. The maximum absolute atomic E-state index is 5.49. The Labute approximate surface area is 185 Å². The number of methoxy groups -OCH3 is 1. The van der Waals surface area contributed by atoms with Gasteiger partial charge < -0.3 is 4.74 Å². The molecule has 152 valence electrons. The zero-order valence-electron chi connectivity index (χ0n) is 17.5. The van der Waals surface area contributed by atoms with E-state index in [0.717, 1.165) is 43.4 Å². The molecule has 4 nitrogen and oxygen atoms in total. The molecule has 0 aliphatic rings. The number of rotatable bonds is 6. The van der Waals surface area contributed by atoms with Crippen LogP contribution in [0.4, 0.5) is 0 Å². The summed E-state index contributed by atoms with van der Waals surface area (Å²) in [6.07, 6.45) is 0. The van der Waals surface area contributed by atoms with E-state index in [1.54, 1.807) is 30.2 Å². The Morgan fingerprint density at radius 2 is 1.80 bits per heavy atom. The highest BCUT2D eigenvalue weighted by Gasteiger charge is 2.15. The topological polar surface area (TPSA) is 47.9 Å². The number of aromatic nitrogens is 3. The largest absolute Gasteiger partial charge is 0.496 e. The van der Waals surface area contributed by atoms with Gasteiger partial charge in [-0.3, -0.25) is 0 Å². The molecule has 0 amide bonds. The van der Waals surface area contributed by atoms with Crippen molar-refractivity contribution in [1.82, 2.24) is 15.2 Å². The molecule has 0 unspecified atom stereocenters. The summed E-state index contributed by atoms with van der Waals surface area (Å²) in [7, 11) is 1.68. The van der Waals surface area contributed by atoms with Crippen LogP contribution in [-0.2, 0) is 5.75 Å². The van der Waals surface area contributed by atoms with Crippen LogP contribution < -0.4 is 4.74 Å². The normalized spacial score (nSPS) is 10.9. The number of aryl methyl sites for hydroxylation is 3. The third-order valence-electron chi connectivity index (χ3n) is 4.89. The maximum Gasteiger partial charge on any atom is 0.129 e. The fourth-order valence-corrected chi connectivity index (χ4v) is 5.13. The molecule has 0 saturated heterocycles. The van der Waals surface area contributed by atoms with Crippen molar-refractivity contribution in [3.63, 3.8) is 0 Å². The molecule has 6 heteroatoms. The van der Waals surface area contributed by atoms with E-state index in [4.69, 9.17) is 9.72 Å². The lowest BCUT2D eigenvalue weighted by Crippen LogP contribution is -1.91. The van der Waals surface area contributed by atoms with Crippen molar-refractivity contribution in [1.29, 1.82) is 0 Å². The molecule has 4 rings (SSSR count). The number of thiazole rings is 1. The minimum atomic E-state index is 0.821. The van der Waals surface area contributed by atoms with Crippen molar-refractivity contribution in [2.24, 2.45) is 0 Å². The van der Waals surface area contributed by atoms with E-state index >= 15 is 0 Å². The smallest absolute Gasteiger partial charge is 0.129 e. The molecule has 0 atom stereocenters. The Morgan fingerprint density at radius 1 is 0.967 bits per heavy atom. The van der Waals surface area contributed by atoms with Crippen LogP contribution in [0.1, 0.15) is 22.4 Å². The van der Waals surface area contributed by atoms with Gasteiger partial charge in [-0.15, -0.1) is 21.5 Å². The number of hydrogen-bond donors (Lipinski definition) is 0. The maximum atomic E-state index is 5.49. The molecular weight excluding hydrogens is 410 g/mol. The number of benzene rings is 2. The number of thioether (sulfide) groups is 1. The Kier molecular flexibility index (Phi) is 6.16. The highest BCUT2D eigenvalue weighted by atomic mass is 32.2. The SMILES string of the molecule is COc1ccccc1-c1nc(C)c(-c2ccc(SCc3cc(C)ccc3C)nn2)s1. The van der Waals surface area contributed by atoms with Crippen molar-refractivity contribution in [3.8, 4) is 26.9 Å². The third kappa shape index (κ3) is 4.40. The van der Waals surface area contributed by atoms with Gasteiger partial charge in [0.15, 0.2) is 0 Å². The zero-order chi connectivity index (χ0) is 21.1. The van der Waals surface area contributed by atoms with E-state index in [2.05, 4.69) is 42.2 Å². The van der Waals surface area contributed by atoms with Gasteiger partial charge in [0, 0.05) is 5.75 Å². The van der Waals surface area contributed by atoms with Crippen molar-refractivity contribution in [2.45, 2.75) is 31.6 Å². The Bertz CT molecular complexity index is 1170. The van der Waals surface area contributed by atoms with Gasteiger partial charge in [0.2, 0.25) is 0 Å². The van der Waals surface area contributed by atoms with Crippen LogP contribution in [0.5, 0.6) is 5.75 Å². The van der Waals surface area contributed by atoms with Crippen LogP contribution in [0.3, 0.4) is 0 Å². The molecule has 0 spiro atoms. The zero-order valence-corrected chi connectivity index (χ0v) is 19.1. The Balaban J connectivity index is 1.53. The van der Waals surface area contributed by atoms with Crippen LogP contribution in [0.25, 0.3) is 21.1 Å². The molecule has 0 N–H and O–H groups in total. The van der Waals surface area contributed by atoms with Crippen LogP contribution in [0.2, 0.25) is 0 Å². The van der Waals surface area contributed by atoms with Gasteiger partial charge in [0.05, 0.1) is 23.2 Å². The molecule has 0 aliphatic carbocycles. The summed E-state index contributed by atoms with van der Waals surface area (Å²) >= 11 is 3.32. The van der Waals surface area contributed by atoms with E-state index < -0.39 is 0 Å². The lowest BCUT2D eigenvalue weighted by atomic mass is 10.1. The summed E-state index contributed by atoms with van der Waals surface area (Å²) in [5.74, 6) is 1.71. The molecular formula is C24H23N3OS2. The number of para-hydroxylation sites is 1. The lowest BCUT2D eigenvalue weighted by Gasteiger charge is -2.06. The standard InChI is InChI=1S/C24H23N3OS2/c1-15-9-10-16(2)18(13-15)14-29-22-12-11-20(26-27-22)23-17(3)25-24(30-23)19-7-5-6-8-21(19)28-4/h5-13H,14H2,1-4H3. The first-order valence-corrected chi connectivity index (χ1v) is 11.5. The first-order chi connectivity index (χ1) is 14.5. The number of hydrogen-bond acceptors (Lipinski definition) is 6. The molecule has 4 aromatic rings. The van der Waals surface area contributed by atoms with Crippen LogP contribution in [0.15, 0.2) is 59.6 Å². The summed E-state index contributed by atoms with van der Waals surface area (Å²) in [5, 5.41) is 10.8. The average Bonchev–Trinajstić information content (AvgIpc) is 3.16. The van der Waals surface area contributed by atoms with Crippen molar-refractivity contribution >= 4 is 23.1 Å². The fraction of sp³-hybridized carbons (Fsp3) is 0.208. The van der Waals surface area contributed by atoms with E-state index in [-0.39, 0.29) is 0 Å². The molecule has 0 aliphatic heterocycles. The number of nitrogens with zero attached hydrogens (tertiary/aromatic N) is 3. The first kappa shape index (κ1) is 20.6. The second-order valence-corrected chi connectivity index (χ2v) is 9.10. The number of ether oxygens (including phenoxy) is 1. The Hall–Kier alpha value is -2.70. The fourth-order valence-electron chi connectivity index (χ4n) is 3.20. The van der Waals surface area contributed by atoms with E-state index in [0.29, 0.717) is 0 Å². The summed E-state index contributed by atoms with van der Waals surface area (Å²) in [6.45, 7) is 6.28. The summed E-state index contributed by atoms with van der Waals surface area (Å²) in [5.41, 5.74) is 6.72. The summed E-state index contributed by atoms with van der Waals surface area (Å²) in [4.78, 5) is 5.78. The minimum Gasteiger partial charge on any atom is -0.496 e. The van der Waals surface area contributed by atoms with Gasteiger partial charge in [-0.05, 0) is 56.2 Å². The van der Waals surface area contributed by atoms with Gasteiger partial charge in [0.1, 0.15) is 21.5 Å². The van der Waals surface area contributed by atoms with E-state index in [1.807, 2.05) is 43.3 Å². The van der Waals surface area contributed by atoms with Crippen LogP contribution >= 0.6 is 23.1 Å². The van der Waals surface area contributed by atoms with Gasteiger partial charge in [-0.2, -0.15) is 0 Å². The van der Waals surface area contributed by atoms with Gasteiger partial charge in [0.25, 0.3) is 0 Å². The van der Waals surface area contributed by atoms with Gasteiger partial charge in [-0.25, -0.2) is 4.98 Å². The van der Waals surface area contributed by atoms with Crippen LogP contribution in [0, 0.1) is 20.8 Å². The highest BCUT2D eigenvalue weighted by molar-refractivity contribution is 7.98. The molecule has 0 bridgehead atoms. The predicted molar refractivity (Wildman–Crippen MR) is 125 cm³/mol. The molecule has 0 saturated carbocycles. The highest BCUT2D eigenvalue weighted by Crippen LogP contribution is 2.38. The Morgan fingerprint density at radius 3 is 2.57 bits per heavy atom. The summed E-state index contributed by atoms with van der Waals surface area (Å²) in [6, 6.07) is 18.6. The van der Waals surface area contributed by atoms with Gasteiger partial charge >= 0.3 is 0 Å². The van der Waals surface area contributed by atoms with E-state index in [9.17, 15) is 0 Å². The average molecular weight is 434 g/mol. The molecule has 0 fully saturated rings. The molecule has 2 aromatic heterocycles. The second kappa shape index (κ2) is 8.98. The minimum absolute atomic E-state index is 0.821. The van der Waals surface area contributed by atoms with Crippen molar-refractivity contribution in [3.05, 3.63) is 77.0 Å². The first-order valence-electron chi connectivity index (χ1n) is 9.69. The quantitative estimate of drug-likeness (QED) is 0.325. The van der Waals surface area contributed by atoms with Gasteiger partial charge in [-0.1, -0.05) is 47.7 Å². The second-order valence-electron chi connectivity index (χ2n) is 7.11. The third-order valence-corrected chi connectivity index (χ3v) is 7.07. The van der Waals surface area contributed by atoms with Crippen LogP contribution in [-0.4, -0.2) is 22.3 Å². The molecule has 0 radical (unpaired) electrons. The molecule has 2 aromatic carbocycles. The molecule has 2 heterocycles. The lowest BCUT2D eigenvalue weighted by molar-refractivity contribution is 0.416. The van der Waals surface area contributed by atoms with Crippen molar-refractivity contribution < 1.29 is 4.74 Å². The van der Waals surface area contributed by atoms with Crippen molar-refractivity contribution in [2.75, 3.05) is 7.11 Å². The van der Waals surface area contributed by atoms with E-state index in [1.165, 1.54) is 16.7 Å². The predicted octanol–water partition coefficient (Wildman–Crippen LogP) is 6.49.